The minimum Gasteiger partial charge on any atom is -0.383 e. The molecule has 7 heteroatoms. The van der Waals surface area contributed by atoms with Crippen LogP contribution in [0.4, 0.5) is 0 Å². The molecule has 3 aromatic rings. The quantitative estimate of drug-likeness (QED) is 0.468. The molecular formula is C25H31N3O3S. The number of fused-ring (bicyclic) bond motifs is 3. The van der Waals surface area contributed by atoms with Crippen molar-refractivity contribution in [3.05, 3.63) is 63.0 Å². The van der Waals surface area contributed by atoms with E-state index in [1.807, 2.05) is 23.1 Å². The molecule has 1 aliphatic carbocycles. The first-order valence-corrected chi connectivity index (χ1v) is 12.3. The first-order chi connectivity index (χ1) is 15.7. The lowest BCUT2D eigenvalue weighted by Crippen LogP contribution is -2.36. The maximum Gasteiger partial charge on any atom is 0.262 e. The molecule has 0 saturated heterocycles. The summed E-state index contributed by atoms with van der Waals surface area (Å²) < 4.78 is 6.81. The zero-order valence-electron chi connectivity index (χ0n) is 18.7. The Bertz CT molecular complexity index is 1110. The average molecular weight is 454 g/mol. The smallest absolute Gasteiger partial charge is 0.262 e. The van der Waals surface area contributed by atoms with Crippen LogP contribution in [0.3, 0.4) is 0 Å². The van der Waals surface area contributed by atoms with E-state index in [9.17, 15) is 9.59 Å². The highest BCUT2D eigenvalue weighted by molar-refractivity contribution is 7.18. The average Bonchev–Trinajstić information content (AvgIpc) is 3.20. The van der Waals surface area contributed by atoms with Crippen LogP contribution in [-0.4, -0.2) is 47.2 Å². The number of hydrogen-bond donors (Lipinski definition) is 0. The zero-order chi connectivity index (χ0) is 22.3. The summed E-state index contributed by atoms with van der Waals surface area (Å²) in [5.41, 5.74) is 2.46. The van der Waals surface area contributed by atoms with E-state index < -0.39 is 0 Å². The molecule has 1 aliphatic rings. The second-order valence-corrected chi connectivity index (χ2v) is 9.43. The highest BCUT2D eigenvalue weighted by atomic mass is 32.1. The Kier molecular flexibility index (Phi) is 7.71. The molecule has 0 fully saturated rings. The van der Waals surface area contributed by atoms with Gasteiger partial charge in [0.25, 0.3) is 5.56 Å². The molecule has 0 N–H and O–H groups in total. The molecule has 2 aromatic heterocycles. The van der Waals surface area contributed by atoms with Crippen LogP contribution < -0.4 is 5.56 Å². The standard InChI is InChI=1S/C25H31N3O3S/c1-31-17-16-27(14-7-10-19-8-3-2-4-9-19)22(29)13-15-28-18-26-24-23(25(28)30)20-11-5-6-12-21(20)32-24/h2-4,8-9,18H,5-7,10-17H2,1H3. The van der Waals surface area contributed by atoms with Gasteiger partial charge in [-0.05, 0) is 49.7 Å². The number of carbonyl (C=O) groups excluding carboxylic acids is 1. The molecule has 0 aliphatic heterocycles. The SMILES string of the molecule is COCCN(CCCc1ccccc1)C(=O)CCn1cnc2sc3c(c2c1=O)CCCC3. The summed E-state index contributed by atoms with van der Waals surface area (Å²) >= 11 is 1.65. The van der Waals surface area contributed by atoms with Crippen molar-refractivity contribution in [1.29, 1.82) is 0 Å². The van der Waals surface area contributed by atoms with Gasteiger partial charge in [-0.2, -0.15) is 0 Å². The van der Waals surface area contributed by atoms with Gasteiger partial charge in [0.1, 0.15) is 4.83 Å². The van der Waals surface area contributed by atoms with Crippen molar-refractivity contribution in [3.8, 4) is 0 Å². The lowest BCUT2D eigenvalue weighted by atomic mass is 9.97. The van der Waals surface area contributed by atoms with Gasteiger partial charge in [0.05, 0.1) is 18.3 Å². The summed E-state index contributed by atoms with van der Waals surface area (Å²) in [7, 11) is 1.65. The maximum absolute atomic E-state index is 13.1. The van der Waals surface area contributed by atoms with Crippen LogP contribution in [0.5, 0.6) is 0 Å². The van der Waals surface area contributed by atoms with Gasteiger partial charge >= 0.3 is 0 Å². The Morgan fingerprint density at radius 1 is 1.19 bits per heavy atom. The lowest BCUT2D eigenvalue weighted by Gasteiger charge is -2.22. The number of rotatable bonds is 10. The van der Waals surface area contributed by atoms with Gasteiger partial charge in [0.2, 0.25) is 5.91 Å². The molecule has 0 radical (unpaired) electrons. The molecule has 0 bridgehead atoms. The van der Waals surface area contributed by atoms with E-state index >= 15 is 0 Å². The van der Waals surface area contributed by atoms with E-state index in [-0.39, 0.29) is 17.9 Å². The molecule has 1 aromatic carbocycles. The number of thiophene rings is 1. The van der Waals surface area contributed by atoms with Crippen LogP contribution in [0.2, 0.25) is 0 Å². The van der Waals surface area contributed by atoms with Crippen molar-refractivity contribution in [2.45, 2.75) is 51.5 Å². The predicted octanol–water partition coefficient (Wildman–Crippen LogP) is 3.83. The topological polar surface area (TPSA) is 64.4 Å². The van der Waals surface area contributed by atoms with Crippen LogP contribution in [0.1, 0.15) is 41.7 Å². The lowest BCUT2D eigenvalue weighted by molar-refractivity contribution is -0.132. The minimum atomic E-state index is -0.00489. The molecule has 2 heterocycles. The highest BCUT2D eigenvalue weighted by Gasteiger charge is 2.20. The van der Waals surface area contributed by atoms with Gasteiger partial charge in [-0.15, -0.1) is 11.3 Å². The number of benzene rings is 1. The predicted molar refractivity (Wildman–Crippen MR) is 128 cm³/mol. The molecule has 170 valence electrons. The molecule has 4 rings (SSSR count). The monoisotopic (exact) mass is 453 g/mol. The fourth-order valence-electron chi connectivity index (χ4n) is 4.40. The van der Waals surface area contributed by atoms with Crippen LogP contribution in [0.25, 0.3) is 10.2 Å². The first-order valence-electron chi connectivity index (χ1n) is 11.5. The third-order valence-corrected chi connectivity index (χ3v) is 7.36. The molecule has 32 heavy (non-hydrogen) atoms. The van der Waals surface area contributed by atoms with Gasteiger partial charge < -0.3 is 9.64 Å². The Hall–Kier alpha value is -2.51. The van der Waals surface area contributed by atoms with Crippen LogP contribution in [-0.2, 0) is 35.3 Å². The summed E-state index contributed by atoms with van der Waals surface area (Å²) in [6.45, 7) is 2.11. The second kappa shape index (κ2) is 10.9. The number of amides is 1. The molecule has 6 nitrogen and oxygen atoms in total. The largest absolute Gasteiger partial charge is 0.383 e. The number of hydrogen-bond acceptors (Lipinski definition) is 5. The number of methoxy groups -OCH3 is 1. The third-order valence-electron chi connectivity index (χ3n) is 6.16. The van der Waals surface area contributed by atoms with Gasteiger partial charge in [-0.25, -0.2) is 4.98 Å². The Morgan fingerprint density at radius 3 is 2.81 bits per heavy atom. The zero-order valence-corrected chi connectivity index (χ0v) is 19.5. The maximum atomic E-state index is 13.1. The highest BCUT2D eigenvalue weighted by Crippen LogP contribution is 2.33. The molecule has 0 spiro atoms. The molecular weight excluding hydrogens is 422 g/mol. The Balaban J connectivity index is 1.40. The van der Waals surface area contributed by atoms with Crippen molar-refractivity contribution in [2.75, 3.05) is 26.8 Å². The van der Waals surface area contributed by atoms with Crippen LogP contribution >= 0.6 is 11.3 Å². The summed E-state index contributed by atoms with van der Waals surface area (Å²) in [4.78, 5) is 34.6. The fraction of sp³-hybridized carbons (Fsp3) is 0.480. The summed E-state index contributed by atoms with van der Waals surface area (Å²) in [5, 5.41) is 0.777. The number of carbonyl (C=O) groups is 1. The van der Waals surface area contributed by atoms with Crippen LogP contribution in [0.15, 0.2) is 41.5 Å². The number of ether oxygens (including phenoxy) is 1. The van der Waals surface area contributed by atoms with Crippen molar-refractivity contribution >= 4 is 27.5 Å². The Labute approximate surface area is 192 Å². The van der Waals surface area contributed by atoms with Gasteiger partial charge in [-0.1, -0.05) is 30.3 Å². The number of nitrogens with zero attached hydrogens (tertiary/aromatic N) is 3. The molecule has 0 atom stereocenters. The molecule has 1 amide bonds. The van der Waals surface area contributed by atoms with Crippen molar-refractivity contribution < 1.29 is 9.53 Å². The van der Waals surface area contributed by atoms with E-state index in [1.165, 1.54) is 22.4 Å². The second-order valence-electron chi connectivity index (χ2n) is 8.35. The van der Waals surface area contributed by atoms with E-state index in [0.717, 1.165) is 42.3 Å². The molecule has 0 saturated carbocycles. The van der Waals surface area contributed by atoms with Gasteiger partial charge in [0.15, 0.2) is 0 Å². The normalized spacial score (nSPS) is 13.3. The number of aromatic nitrogens is 2. The fourth-order valence-corrected chi connectivity index (χ4v) is 5.62. The van der Waals surface area contributed by atoms with Gasteiger partial charge in [-0.3, -0.25) is 14.2 Å². The summed E-state index contributed by atoms with van der Waals surface area (Å²) in [6.07, 6.45) is 8.04. The summed E-state index contributed by atoms with van der Waals surface area (Å²) in [6, 6.07) is 10.3. The van der Waals surface area contributed by atoms with Crippen molar-refractivity contribution in [3.63, 3.8) is 0 Å². The van der Waals surface area contributed by atoms with E-state index in [0.29, 0.717) is 26.2 Å². The first kappa shape index (κ1) is 22.7. The number of aryl methyl sites for hydroxylation is 4. The minimum absolute atomic E-state index is 0.00489. The van der Waals surface area contributed by atoms with Crippen molar-refractivity contribution in [1.82, 2.24) is 14.5 Å². The van der Waals surface area contributed by atoms with E-state index in [1.54, 1.807) is 29.3 Å². The third kappa shape index (κ3) is 5.27. The van der Waals surface area contributed by atoms with Gasteiger partial charge in [0, 0.05) is 38.0 Å². The Morgan fingerprint density at radius 2 is 2.00 bits per heavy atom. The summed E-state index contributed by atoms with van der Waals surface area (Å²) in [5.74, 6) is 0.0504. The molecule has 0 unspecified atom stereocenters. The van der Waals surface area contributed by atoms with E-state index in [4.69, 9.17) is 4.74 Å². The van der Waals surface area contributed by atoms with Crippen LogP contribution in [0, 0.1) is 0 Å². The van der Waals surface area contributed by atoms with E-state index in [2.05, 4.69) is 17.1 Å². The van der Waals surface area contributed by atoms with Crippen molar-refractivity contribution in [2.24, 2.45) is 0 Å².